The van der Waals surface area contributed by atoms with E-state index in [0.29, 0.717) is 41.9 Å². The third kappa shape index (κ3) is 7.60. The fourth-order valence-corrected chi connectivity index (χ4v) is 7.08. The molecule has 1 aromatic heterocycles. The molecule has 2 N–H and O–H groups in total. The molecule has 3 aromatic rings. The number of aryl methyl sites for hydroxylation is 1. The molecule has 0 radical (unpaired) electrons. The Balaban J connectivity index is 1.38. The number of likely N-dealkylation sites (tertiary alicyclic amines) is 1. The Morgan fingerprint density at radius 3 is 2.31 bits per heavy atom. The lowest BCUT2D eigenvalue weighted by atomic mass is 9.63. The van der Waals surface area contributed by atoms with Crippen LogP contribution >= 0.6 is 11.6 Å². The van der Waals surface area contributed by atoms with Gasteiger partial charge in [-0.3, -0.25) is 19.2 Å². The summed E-state index contributed by atoms with van der Waals surface area (Å²) in [5, 5.41) is 7.07. The van der Waals surface area contributed by atoms with Crippen molar-refractivity contribution in [2.24, 2.45) is 11.3 Å². The minimum Gasteiger partial charge on any atom is -0.451 e. The van der Waals surface area contributed by atoms with Crippen LogP contribution < -0.4 is 16.1 Å². The average Bonchev–Trinajstić information content (AvgIpc) is 3.01. The number of nitrogens with one attached hydrogen (secondary N) is 2. The molecule has 0 spiro atoms. The van der Waals surface area contributed by atoms with Crippen molar-refractivity contribution in [3.05, 3.63) is 80.7 Å². The number of rotatable bonds is 7. The second-order valence-electron chi connectivity index (χ2n) is 13.9. The third-order valence-electron chi connectivity index (χ3n) is 9.36. The highest BCUT2D eigenvalue weighted by atomic mass is 35.5. The van der Waals surface area contributed by atoms with Crippen LogP contribution in [-0.4, -0.2) is 47.3 Å². The van der Waals surface area contributed by atoms with Gasteiger partial charge in [-0.05, 0) is 89.1 Å². The van der Waals surface area contributed by atoms with Crippen LogP contribution in [-0.2, 0) is 16.0 Å². The fourth-order valence-electron chi connectivity index (χ4n) is 6.96. The third-order valence-corrected chi connectivity index (χ3v) is 9.61. The van der Waals surface area contributed by atoms with Crippen LogP contribution in [0.5, 0.6) is 0 Å². The summed E-state index contributed by atoms with van der Waals surface area (Å²) in [6, 6.07) is 12.6. The van der Waals surface area contributed by atoms with Crippen molar-refractivity contribution in [2.75, 3.05) is 13.1 Å². The Hall–Kier alpha value is -3.65. The lowest BCUT2D eigenvalue weighted by Crippen LogP contribution is -2.59. The smallest absolute Gasteiger partial charge is 0.287 e. The van der Waals surface area contributed by atoms with E-state index in [1.807, 2.05) is 45.9 Å². The first kappa shape index (κ1) is 32.7. The molecule has 2 heterocycles. The number of fused-ring (bicyclic) bond motifs is 1. The summed E-state index contributed by atoms with van der Waals surface area (Å²) in [6.45, 7) is 8.72. The molecule has 8 nitrogen and oxygen atoms in total. The van der Waals surface area contributed by atoms with E-state index in [2.05, 4.69) is 10.6 Å². The van der Waals surface area contributed by atoms with Crippen LogP contribution in [0.3, 0.4) is 0 Å². The Bertz CT molecular complexity index is 1610. The molecular weight excluding hydrogens is 590 g/mol. The lowest BCUT2D eigenvalue weighted by molar-refractivity contribution is -0.147. The topological polar surface area (TPSA) is 109 Å². The van der Waals surface area contributed by atoms with E-state index in [1.54, 1.807) is 29.2 Å². The van der Waals surface area contributed by atoms with Gasteiger partial charge in [0.25, 0.3) is 5.91 Å². The van der Waals surface area contributed by atoms with Crippen molar-refractivity contribution in [2.45, 2.75) is 90.6 Å². The van der Waals surface area contributed by atoms with Crippen LogP contribution in [0.15, 0.2) is 57.7 Å². The number of halogens is 1. The zero-order valence-electron chi connectivity index (χ0n) is 26.7. The number of benzene rings is 2. The molecule has 0 unspecified atom stereocenters. The van der Waals surface area contributed by atoms with Crippen molar-refractivity contribution < 1.29 is 18.8 Å². The molecule has 1 aliphatic carbocycles. The van der Waals surface area contributed by atoms with Crippen molar-refractivity contribution in [1.82, 2.24) is 15.5 Å². The molecule has 45 heavy (non-hydrogen) atoms. The molecule has 1 aliphatic heterocycles. The molecule has 3 amide bonds. The Kier molecular flexibility index (Phi) is 9.73. The number of piperidine rings is 1. The van der Waals surface area contributed by atoms with Crippen molar-refractivity contribution in [3.63, 3.8) is 0 Å². The van der Waals surface area contributed by atoms with Gasteiger partial charge in [-0.1, -0.05) is 54.6 Å². The van der Waals surface area contributed by atoms with Crippen molar-refractivity contribution in [3.8, 4) is 0 Å². The first-order valence-corrected chi connectivity index (χ1v) is 16.4. The van der Waals surface area contributed by atoms with Crippen LogP contribution in [0, 0.1) is 18.3 Å². The monoisotopic (exact) mass is 633 g/mol. The summed E-state index contributed by atoms with van der Waals surface area (Å²) in [7, 11) is 0. The molecular formula is C36H44ClN3O5. The quantitative estimate of drug-likeness (QED) is 0.322. The molecule has 0 bridgehead atoms. The number of amides is 3. The average molecular weight is 634 g/mol. The second-order valence-corrected chi connectivity index (χ2v) is 14.3. The van der Waals surface area contributed by atoms with Gasteiger partial charge in [-0.25, -0.2) is 0 Å². The van der Waals surface area contributed by atoms with E-state index in [0.717, 1.165) is 36.8 Å². The van der Waals surface area contributed by atoms with Gasteiger partial charge < -0.3 is 20.0 Å². The minimum atomic E-state index is -0.914. The number of hydrogen-bond donors (Lipinski definition) is 2. The molecule has 1 saturated heterocycles. The molecule has 240 valence electrons. The Morgan fingerprint density at radius 1 is 1.00 bits per heavy atom. The van der Waals surface area contributed by atoms with E-state index in [-0.39, 0.29) is 40.9 Å². The van der Waals surface area contributed by atoms with Crippen LogP contribution in [0.1, 0.15) is 87.4 Å². The first-order chi connectivity index (χ1) is 21.3. The molecule has 1 saturated carbocycles. The van der Waals surface area contributed by atoms with Crippen LogP contribution in [0.25, 0.3) is 11.0 Å². The zero-order valence-corrected chi connectivity index (χ0v) is 27.5. The maximum Gasteiger partial charge on any atom is 0.287 e. The van der Waals surface area contributed by atoms with E-state index in [4.69, 9.17) is 16.0 Å². The van der Waals surface area contributed by atoms with Crippen LogP contribution in [0.2, 0.25) is 5.02 Å². The number of carbonyl (C=O) groups excluding carboxylic acids is 3. The molecule has 2 aliphatic rings. The number of carbonyl (C=O) groups is 3. The highest BCUT2D eigenvalue weighted by Gasteiger charge is 2.49. The predicted octanol–water partition coefficient (Wildman–Crippen LogP) is 6.20. The summed E-state index contributed by atoms with van der Waals surface area (Å²) in [5.41, 5.74) is 0.844. The molecule has 9 heteroatoms. The summed E-state index contributed by atoms with van der Waals surface area (Å²) in [4.78, 5) is 56.0. The zero-order chi connectivity index (χ0) is 32.4. The normalized spacial score (nSPS) is 17.9. The lowest BCUT2D eigenvalue weighted by Gasteiger charge is -2.48. The van der Waals surface area contributed by atoms with E-state index < -0.39 is 17.4 Å². The van der Waals surface area contributed by atoms with Gasteiger partial charge in [0.2, 0.25) is 11.8 Å². The van der Waals surface area contributed by atoms with Crippen molar-refractivity contribution in [1.29, 1.82) is 0 Å². The van der Waals surface area contributed by atoms with E-state index in [9.17, 15) is 19.2 Å². The SMILES string of the molecule is Cc1ccc2oc(C(=O)N[C@H](Cc3ccc(Cl)cc3)C(=O)N3CCC(C(=O)NC(C)(C)C)(C4CCCCC4)CC3)cc(=O)c2c1. The number of hydrogen-bond acceptors (Lipinski definition) is 5. The highest BCUT2D eigenvalue weighted by Crippen LogP contribution is 2.46. The van der Waals surface area contributed by atoms with Gasteiger partial charge >= 0.3 is 0 Å². The van der Waals surface area contributed by atoms with Gasteiger partial charge in [0.15, 0.2) is 11.2 Å². The largest absolute Gasteiger partial charge is 0.451 e. The van der Waals surface area contributed by atoms with Crippen molar-refractivity contribution >= 4 is 40.3 Å². The Morgan fingerprint density at radius 2 is 1.67 bits per heavy atom. The van der Waals surface area contributed by atoms with E-state index >= 15 is 0 Å². The molecule has 1 atom stereocenters. The molecule has 5 rings (SSSR count). The maximum absolute atomic E-state index is 14.1. The maximum atomic E-state index is 14.1. The Labute approximate surface area is 269 Å². The minimum absolute atomic E-state index is 0.0848. The van der Waals surface area contributed by atoms with Gasteiger partial charge in [0, 0.05) is 36.1 Å². The highest BCUT2D eigenvalue weighted by molar-refractivity contribution is 6.30. The van der Waals surface area contributed by atoms with Crippen LogP contribution in [0.4, 0.5) is 0 Å². The fraction of sp³-hybridized carbons (Fsp3) is 0.500. The molecule has 2 aromatic carbocycles. The summed E-state index contributed by atoms with van der Waals surface area (Å²) in [6.07, 6.45) is 6.87. The number of nitrogens with zero attached hydrogens (tertiary/aromatic N) is 1. The van der Waals surface area contributed by atoms with Gasteiger partial charge in [-0.2, -0.15) is 0 Å². The first-order valence-electron chi connectivity index (χ1n) is 16.1. The second kappa shape index (κ2) is 13.4. The molecule has 2 fully saturated rings. The van der Waals surface area contributed by atoms with Gasteiger partial charge in [-0.15, -0.1) is 0 Å². The standard InChI is InChI=1S/C36H44ClN3O5/c1-23-10-15-30-27(20-23)29(41)22-31(45-30)32(42)38-28(21-24-11-13-26(37)14-12-24)33(43)40-18-16-36(17-19-40,25-8-6-5-7-9-25)34(44)39-35(2,3)4/h10-15,20,22,25,28H,5-9,16-19,21H2,1-4H3,(H,38,42)(H,39,44)/t28-/m1/s1. The summed E-state index contributed by atoms with van der Waals surface area (Å²) in [5.74, 6) is -0.652. The van der Waals surface area contributed by atoms with Gasteiger partial charge in [0.05, 0.1) is 10.8 Å². The summed E-state index contributed by atoms with van der Waals surface area (Å²) >= 11 is 6.11. The van der Waals surface area contributed by atoms with E-state index in [1.165, 1.54) is 12.5 Å². The predicted molar refractivity (Wildman–Crippen MR) is 176 cm³/mol. The summed E-state index contributed by atoms with van der Waals surface area (Å²) < 4.78 is 5.81. The van der Waals surface area contributed by atoms with Gasteiger partial charge in [0.1, 0.15) is 11.6 Å².